The maximum absolute atomic E-state index is 5.53. The largest absolute Gasteiger partial charge is 0.494 e. The summed E-state index contributed by atoms with van der Waals surface area (Å²) in [6.07, 6.45) is 1.95. The van der Waals surface area contributed by atoms with Gasteiger partial charge in [-0.15, -0.1) is 10.2 Å². The van der Waals surface area contributed by atoms with Crippen LogP contribution in [0.25, 0.3) is 16.9 Å². The van der Waals surface area contributed by atoms with E-state index in [2.05, 4.69) is 10.2 Å². The zero-order chi connectivity index (χ0) is 18.6. The Labute approximate surface area is 158 Å². The number of azo groups is 1. The number of rotatable bonds is 5. The van der Waals surface area contributed by atoms with Gasteiger partial charge in [-0.05, 0) is 67.9 Å². The molecule has 0 saturated heterocycles. The molecule has 0 spiro atoms. The molecule has 0 fully saturated rings. The lowest BCUT2D eigenvalue weighted by Gasteiger charge is -2.04. The van der Waals surface area contributed by atoms with Crippen LogP contribution in [0.2, 0.25) is 0 Å². The molecule has 27 heavy (non-hydrogen) atoms. The maximum Gasteiger partial charge on any atom is 0.187 e. The van der Waals surface area contributed by atoms with Crippen molar-refractivity contribution in [3.8, 4) is 17.0 Å². The molecule has 4 rings (SSSR count). The van der Waals surface area contributed by atoms with Gasteiger partial charge in [0.25, 0.3) is 0 Å². The number of hydrogen-bond donors (Lipinski definition) is 0. The van der Waals surface area contributed by atoms with E-state index in [1.165, 1.54) is 0 Å². The Morgan fingerprint density at radius 2 is 1.81 bits per heavy atom. The van der Waals surface area contributed by atoms with Crippen molar-refractivity contribution in [1.29, 1.82) is 0 Å². The second kappa shape index (κ2) is 7.41. The molecule has 0 saturated carbocycles. The molecule has 0 aliphatic carbocycles. The predicted molar refractivity (Wildman–Crippen MR) is 107 cm³/mol. The van der Waals surface area contributed by atoms with Gasteiger partial charge in [0.15, 0.2) is 5.82 Å². The summed E-state index contributed by atoms with van der Waals surface area (Å²) in [6, 6.07) is 21.7. The van der Waals surface area contributed by atoms with Gasteiger partial charge in [0.05, 0.1) is 12.3 Å². The Morgan fingerprint density at radius 3 is 2.59 bits per heavy atom. The average Bonchev–Trinajstić information content (AvgIpc) is 3.06. The standard InChI is InChI=1S/C22H20N4O/c1-3-27-19-12-10-17(11-13-19)21-22(26-14-5-4-9-20(26)23-21)25-24-18-8-6-7-16(2)15-18/h4-15H,3H2,1-2H3. The highest BCUT2D eigenvalue weighted by Gasteiger charge is 2.14. The number of nitrogens with zero attached hydrogens (tertiary/aromatic N) is 4. The Hall–Kier alpha value is -3.47. The van der Waals surface area contributed by atoms with Crippen LogP contribution in [0.3, 0.4) is 0 Å². The molecule has 4 aromatic rings. The van der Waals surface area contributed by atoms with Crippen molar-refractivity contribution >= 4 is 17.2 Å². The first-order chi connectivity index (χ1) is 13.2. The van der Waals surface area contributed by atoms with Crippen LogP contribution in [0, 0.1) is 6.92 Å². The molecule has 2 aromatic heterocycles. The molecule has 0 bridgehead atoms. The summed E-state index contributed by atoms with van der Waals surface area (Å²) in [4.78, 5) is 4.76. The van der Waals surface area contributed by atoms with Gasteiger partial charge < -0.3 is 4.74 Å². The topological polar surface area (TPSA) is 51.2 Å². The lowest BCUT2D eigenvalue weighted by atomic mass is 10.1. The van der Waals surface area contributed by atoms with Gasteiger partial charge >= 0.3 is 0 Å². The van der Waals surface area contributed by atoms with Gasteiger partial charge in [-0.25, -0.2) is 4.98 Å². The summed E-state index contributed by atoms with van der Waals surface area (Å²) in [5, 5.41) is 8.97. The molecule has 0 radical (unpaired) electrons. The minimum absolute atomic E-state index is 0.643. The number of aromatic nitrogens is 2. The average molecular weight is 356 g/mol. The molecule has 5 nitrogen and oxygen atoms in total. The first-order valence-corrected chi connectivity index (χ1v) is 8.93. The number of fused-ring (bicyclic) bond motifs is 1. The minimum Gasteiger partial charge on any atom is -0.494 e. The Balaban J connectivity index is 1.79. The van der Waals surface area contributed by atoms with E-state index in [-0.39, 0.29) is 0 Å². The second-order valence-electron chi connectivity index (χ2n) is 6.21. The zero-order valence-corrected chi connectivity index (χ0v) is 15.3. The van der Waals surface area contributed by atoms with Crippen LogP contribution in [0.1, 0.15) is 12.5 Å². The predicted octanol–water partition coefficient (Wildman–Crippen LogP) is 6.12. The van der Waals surface area contributed by atoms with Crippen molar-refractivity contribution in [2.45, 2.75) is 13.8 Å². The molecule has 0 N–H and O–H groups in total. The van der Waals surface area contributed by atoms with Crippen LogP contribution >= 0.6 is 0 Å². The number of aryl methyl sites for hydroxylation is 1. The van der Waals surface area contributed by atoms with E-state index in [1.54, 1.807) is 0 Å². The third-order valence-corrected chi connectivity index (χ3v) is 4.21. The molecule has 0 unspecified atom stereocenters. The maximum atomic E-state index is 5.53. The molecule has 0 atom stereocenters. The van der Waals surface area contributed by atoms with Crippen molar-refractivity contribution < 1.29 is 4.74 Å². The van der Waals surface area contributed by atoms with E-state index in [0.29, 0.717) is 12.4 Å². The van der Waals surface area contributed by atoms with Gasteiger partial charge in [0.1, 0.15) is 17.1 Å². The molecule has 134 valence electrons. The monoisotopic (exact) mass is 356 g/mol. The summed E-state index contributed by atoms with van der Waals surface area (Å²) < 4.78 is 7.48. The first kappa shape index (κ1) is 17.0. The zero-order valence-electron chi connectivity index (χ0n) is 15.3. The van der Waals surface area contributed by atoms with Crippen LogP contribution in [-0.4, -0.2) is 16.0 Å². The van der Waals surface area contributed by atoms with Gasteiger partial charge in [-0.1, -0.05) is 18.2 Å². The Bertz CT molecular complexity index is 1100. The van der Waals surface area contributed by atoms with Crippen LogP contribution in [0.4, 0.5) is 11.5 Å². The highest BCUT2D eigenvalue weighted by molar-refractivity contribution is 5.74. The molecule has 0 aliphatic rings. The molecular weight excluding hydrogens is 336 g/mol. The summed E-state index contributed by atoms with van der Waals surface area (Å²) in [7, 11) is 0. The molecule has 0 amide bonds. The lowest BCUT2D eigenvalue weighted by molar-refractivity contribution is 0.340. The van der Waals surface area contributed by atoms with Crippen LogP contribution in [0.5, 0.6) is 5.75 Å². The van der Waals surface area contributed by atoms with Crippen LogP contribution in [0.15, 0.2) is 83.2 Å². The van der Waals surface area contributed by atoms with Gasteiger partial charge in [-0.3, -0.25) is 4.40 Å². The van der Waals surface area contributed by atoms with Crippen molar-refractivity contribution in [2.75, 3.05) is 6.61 Å². The van der Waals surface area contributed by atoms with E-state index >= 15 is 0 Å². The normalized spacial score (nSPS) is 11.3. The van der Waals surface area contributed by atoms with Crippen molar-refractivity contribution in [3.05, 3.63) is 78.5 Å². The summed E-state index contributed by atoms with van der Waals surface area (Å²) in [5.74, 6) is 1.55. The quantitative estimate of drug-likeness (QED) is 0.404. The van der Waals surface area contributed by atoms with E-state index in [4.69, 9.17) is 9.72 Å². The number of pyridine rings is 1. The van der Waals surface area contributed by atoms with Gasteiger partial charge in [0, 0.05) is 11.8 Å². The van der Waals surface area contributed by atoms with E-state index in [1.807, 2.05) is 91.2 Å². The minimum atomic E-state index is 0.643. The fourth-order valence-electron chi connectivity index (χ4n) is 2.94. The molecule has 2 aromatic carbocycles. The number of benzene rings is 2. The summed E-state index contributed by atoms with van der Waals surface area (Å²) >= 11 is 0. The number of imidazole rings is 1. The summed E-state index contributed by atoms with van der Waals surface area (Å²) in [5.41, 5.74) is 4.57. The van der Waals surface area contributed by atoms with Crippen LogP contribution < -0.4 is 4.74 Å². The first-order valence-electron chi connectivity index (χ1n) is 8.93. The smallest absolute Gasteiger partial charge is 0.187 e. The van der Waals surface area contributed by atoms with E-state index < -0.39 is 0 Å². The third kappa shape index (κ3) is 3.58. The van der Waals surface area contributed by atoms with E-state index in [9.17, 15) is 0 Å². The highest BCUT2D eigenvalue weighted by atomic mass is 16.5. The number of ether oxygens (including phenoxy) is 1. The van der Waals surface area contributed by atoms with Gasteiger partial charge in [0.2, 0.25) is 0 Å². The van der Waals surface area contributed by atoms with Gasteiger partial charge in [-0.2, -0.15) is 0 Å². The Morgan fingerprint density at radius 1 is 0.963 bits per heavy atom. The third-order valence-electron chi connectivity index (χ3n) is 4.21. The number of hydrogen-bond acceptors (Lipinski definition) is 4. The molecule has 0 aliphatic heterocycles. The SMILES string of the molecule is CCOc1ccc(-c2nc3ccccn3c2N=Nc2cccc(C)c2)cc1. The Kier molecular flexibility index (Phi) is 4.66. The van der Waals surface area contributed by atoms with E-state index in [0.717, 1.165) is 33.9 Å². The fourth-order valence-corrected chi connectivity index (χ4v) is 2.94. The lowest BCUT2D eigenvalue weighted by Crippen LogP contribution is -1.90. The highest BCUT2D eigenvalue weighted by Crippen LogP contribution is 2.33. The van der Waals surface area contributed by atoms with Crippen molar-refractivity contribution in [3.63, 3.8) is 0 Å². The second-order valence-corrected chi connectivity index (χ2v) is 6.21. The molecular formula is C22H20N4O. The van der Waals surface area contributed by atoms with Crippen molar-refractivity contribution in [1.82, 2.24) is 9.38 Å². The fraction of sp³-hybridized carbons (Fsp3) is 0.136. The molecule has 2 heterocycles. The molecule has 5 heteroatoms. The van der Waals surface area contributed by atoms with Crippen molar-refractivity contribution in [2.24, 2.45) is 10.2 Å². The summed E-state index contributed by atoms with van der Waals surface area (Å²) in [6.45, 7) is 4.65. The van der Waals surface area contributed by atoms with Crippen LogP contribution in [-0.2, 0) is 0 Å².